The third-order valence-electron chi connectivity index (χ3n) is 5.42. The van der Waals surface area contributed by atoms with Gasteiger partial charge in [-0.1, -0.05) is 18.2 Å². The van der Waals surface area contributed by atoms with E-state index in [2.05, 4.69) is 0 Å². The van der Waals surface area contributed by atoms with Gasteiger partial charge in [-0.3, -0.25) is 9.59 Å². The van der Waals surface area contributed by atoms with Gasteiger partial charge < -0.3 is 10.0 Å². The first-order chi connectivity index (χ1) is 12.1. The summed E-state index contributed by atoms with van der Waals surface area (Å²) in [7, 11) is 0. The second-order valence-corrected chi connectivity index (χ2v) is 7.82. The Morgan fingerprint density at radius 2 is 1.96 bits per heavy atom. The summed E-state index contributed by atoms with van der Waals surface area (Å²) in [5.74, 6) is 0.365. The minimum Gasteiger partial charge on any atom is -0.387 e. The number of fused-ring (bicyclic) bond motifs is 1. The molecule has 0 saturated carbocycles. The van der Waals surface area contributed by atoms with E-state index in [1.54, 1.807) is 11.3 Å². The fraction of sp³-hybridized carbons (Fsp3) is 0.400. The molecule has 2 heterocycles. The maximum absolute atomic E-state index is 12.9. The summed E-state index contributed by atoms with van der Waals surface area (Å²) in [5.41, 5.74) is 2.31. The van der Waals surface area contributed by atoms with E-state index in [-0.39, 0.29) is 17.6 Å². The van der Waals surface area contributed by atoms with Gasteiger partial charge in [-0.25, -0.2) is 0 Å². The number of piperidine rings is 1. The molecule has 1 aliphatic heterocycles. The zero-order valence-corrected chi connectivity index (χ0v) is 14.8. The summed E-state index contributed by atoms with van der Waals surface area (Å²) in [6, 6.07) is 9.40. The van der Waals surface area contributed by atoms with Crippen molar-refractivity contribution in [3.05, 3.63) is 57.3 Å². The molecular weight excluding hydrogens is 334 g/mol. The molecule has 25 heavy (non-hydrogen) atoms. The molecule has 130 valence electrons. The Labute approximate surface area is 151 Å². The number of hydrogen-bond acceptors (Lipinski definition) is 4. The van der Waals surface area contributed by atoms with Gasteiger partial charge in [0.2, 0.25) is 0 Å². The van der Waals surface area contributed by atoms with Gasteiger partial charge in [0, 0.05) is 35.5 Å². The van der Waals surface area contributed by atoms with E-state index >= 15 is 0 Å². The zero-order valence-electron chi connectivity index (χ0n) is 14.0. The van der Waals surface area contributed by atoms with Crippen molar-refractivity contribution in [3.8, 4) is 0 Å². The van der Waals surface area contributed by atoms with Gasteiger partial charge in [-0.15, -0.1) is 11.3 Å². The number of carbonyl (C=O) groups is 2. The SMILES string of the molecule is O=C1CCc2c1cccc2C(=O)N1CCC(C(O)c2cccs2)CC1. The van der Waals surface area contributed by atoms with Crippen LogP contribution in [0.2, 0.25) is 0 Å². The molecule has 1 atom stereocenters. The third kappa shape index (κ3) is 3.02. The molecule has 2 aromatic rings. The van der Waals surface area contributed by atoms with Crippen molar-refractivity contribution in [3.63, 3.8) is 0 Å². The summed E-state index contributed by atoms with van der Waals surface area (Å²) >= 11 is 1.58. The Morgan fingerprint density at radius 1 is 1.16 bits per heavy atom. The Hall–Kier alpha value is -1.98. The highest BCUT2D eigenvalue weighted by molar-refractivity contribution is 7.10. The van der Waals surface area contributed by atoms with Gasteiger partial charge in [0.15, 0.2) is 5.78 Å². The minimum absolute atomic E-state index is 0.0237. The first-order valence-electron chi connectivity index (χ1n) is 8.81. The van der Waals surface area contributed by atoms with Crippen molar-refractivity contribution in [2.45, 2.75) is 31.8 Å². The Morgan fingerprint density at radius 3 is 2.68 bits per heavy atom. The lowest BCUT2D eigenvalue weighted by molar-refractivity contribution is 0.0473. The van der Waals surface area contributed by atoms with Gasteiger partial charge in [-0.2, -0.15) is 0 Å². The molecule has 4 nitrogen and oxygen atoms in total. The van der Waals surface area contributed by atoms with Crippen LogP contribution in [0.3, 0.4) is 0 Å². The van der Waals surface area contributed by atoms with Gasteiger partial charge in [0.05, 0.1) is 6.10 Å². The fourth-order valence-electron chi connectivity index (χ4n) is 3.97. The smallest absolute Gasteiger partial charge is 0.254 e. The summed E-state index contributed by atoms with van der Waals surface area (Å²) in [6.07, 6.45) is 2.35. The molecule has 1 N–H and O–H groups in total. The number of Topliss-reactive ketones (excluding diaryl/α,β-unsaturated/α-hetero) is 1. The van der Waals surface area contributed by atoms with Crippen molar-refractivity contribution >= 4 is 23.0 Å². The lowest BCUT2D eigenvalue weighted by Gasteiger charge is -2.34. The molecule has 2 aliphatic rings. The monoisotopic (exact) mass is 355 g/mol. The van der Waals surface area contributed by atoms with Crippen LogP contribution in [0.1, 0.15) is 56.5 Å². The standard InChI is InChI=1S/C20H21NO3S/c22-17-7-6-14-15(17)3-1-4-16(14)20(24)21-10-8-13(9-11-21)19(23)18-5-2-12-25-18/h1-5,12-13,19,23H,6-11H2. The second kappa shape index (κ2) is 6.73. The van der Waals surface area contributed by atoms with Crippen LogP contribution in [0.5, 0.6) is 0 Å². The molecule has 1 aromatic carbocycles. The Balaban J connectivity index is 1.45. The van der Waals surface area contributed by atoms with E-state index in [4.69, 9.17) is 0 Å². The number of carbonyl (C=O) groups excluding carboxylic acids is 2. The maximum Gasteiger partial charge on any atom is 0.254 e. The van der Waals surface area contributed by atoms with Crippen molar-refractivity contribution < 1.29 is 14.7 Å². The predicted molar refractivity (Wildman–Crippen MR) is 97.0 cm³/mol. The van der Waals surface area contributed by atoms with Gasteiger partial charge >= 0.3 is 0 Å². The fourth-order valence-corrected chi connectivity index (χ4v) is 4.77. The Kier molecular flexibility index (Phi) is 4.44. The molecular formula is C20H21NO3S. The zero-order chi connectivity index (χ0) is 17.4. The molecule has 1 saturated heterocycles. The lowest BCUT2D eigenvalue weighted by Crippen LogP contribution is -2.40. The average Bonchev–Trinajstić information content (AvgIpc) is 3.31. The highest BCUT2D eigenvalue weighted by atomic mass is 32.1. The van der Waals surface area contributed by atoms with E-state index in [1.165, 1.54) is 0 Å². The number of benzene rings is 1. The average molecular weight is 355 g/mol. The number of likely N-dealkylation sites (tertiary alicyclic amines) is 1. The van der Waals surface area contributed by atoms with Crippen LogP contribution in [0.25, 0.3) is 0 Å². The number of aliphatic hydroxyl groups excluding tert-OH is 1. The number of aliphatic hydroxyl groups is 1. The molecule has 1 unspecified atom stereocenters. The molecule has 1 aromatic heterocycles. The van der Waals surface area contributed by atoms with Gasteiger partial charge in [-0.05, 0) is 48.3 Å². The third-order valence-corrected chi connectivity index (χ3v) is 6.36. The maximum atomic E-state index is 12.9. The lowest BCUT2D eigenvalue weighted by atomic mass is 9.90. The number of amides is 1. The van der Waals surface area contributed by atoms with Crippen LogP contribution < -0.4 is 0 Å². The number of rotatable bonds is 3. The first-order valence-corrected chi connectivity index (χ1v) is 9.69. The number of nitrogens with zero attached hydrogens (tertiary/aromatic N) is 1. The van der Waals surface area contributed by atoms with Crippen molar-refractivity contribution in [1.82, 2.24) is 4.90 Å². The van der Waals surface area contributed by atoms with E-state index in [0.29, 0.717) is 37.1 Å². The van der Waals surface area contributed by atoms with E-state index in [1.807, 2.05) is 40.6 Å². The van der Waals surface area contributed by atoms with Crippen molar-refractivity contribution in [2.24, 2.45) is 5.92 Å². The summed E-state index contributed by atoms with van der Waals surface area (Å²) in [6.45, 7) is 1.31. The molecule has 4 rings (SSSR count). The van der Waals surface area contributed by atoms with Gasteiger partial charge in [0.25, 0.3) is 5.91 Å². The van der Waals surface area contributed by atoms with Crippen LogP contribution in [0.15, 0.2) is 35.7 Å². The number of thiophene rings is 1. The van der Waals surface area contributed by atoms with Crippen molar-refractivity contribution in [1.29, 1.82) is 0 Å². The quantitative estimate of drug-likeness (QED) is 0.917. The van der Waals surface area contributed by atoms with Crippen LogP contribution in [-0.4, -0.2) is 34.8 Å². The summed E-state index contributed by atoms with van der Waals surface area (Å²) in [5, 5.41) is 12.5. The van der Waals surface area contributed by atoms with Crippen LogP contribution in [0.4, 0.5) is 0 Å². The second-order valence-electron chi connectivity index (χ2n) is 6.84. The molecule has 1 fully saturated rings. The van der Waals surface area contributed by atoms with E-state index in [9.17, 15) is 14.7 Å². The predicted octanol–water partition coefficient (Wildman–Crippen LogP) is 3.46. The number of hydrogen-bond donors (Lipinski definition) is 1. The van der Waals surface area contributed by atoms with Crippen LogP contribution in [-0.2, 0) is 6.42 Å². The minimum atomic E-state index is -0.434. The van der Waals surface area contributed by atoms with E-state index < -0.39 is 6.10 Å². The molecule has 1 amide bonds. The summed E-state index contributed by atoms with van der Waals surface area (Å²) < 4.78 is 0. The topological polar surface area (TPSA) is 57.6 Å². The molecule has 5 heteroatoms. The Bertz CT molecular complexity index is 791. The number of ketones is 1. The first kappa shape index (κ1) is 16.5. The van der Waals surface area contributed by atoms with E-state index in [0.717, 1.165) is 23.3 Å². The van der Waals surface area contributed by atoms with Gasteiger partial charge in [0.1, 0.15) is 0 Å². The largest absolute Gasteiger partial charge is 0.387 e. The highest BCUT2D eigenvalue weighted by Gasteiger charge is 2.31. The van der Waals surface area contributed by atoms with Crippen molar-refractivity contribution in [2.75, 3.05) is 13.1 Å². The summed E-state index contributed by atoms with van der Waals surface area (Å²) in [4.78, 5) is 27.7. The van der Waals surface area contributed by atoms with Crippen LogP contribution >= 0.6 is 11.3 Å². The molecule has 0 spiro atoms. The molecule has 0 radical (unpaired) electrons. The highest BCUT2D eigenvalue weighted by Crippen LogP contribution is 2.34. The normalized spacial score (nSPS) is 19.1. The molecule has 0 bridgehead atoms. The molecule has 1 aliphatic carbocycles. The van der Waals surface area contributed by atoms with Crippen LogP contribution in [0, 0.1) is 5.92 Å².